The molecule has 3 nitrogen and oxygen atoms in total. The van der Waals surface area contributed by atoms with Crippen LogP contribution in [-0.2, 0) is 4.79 Å². The van der Waals surface area contributed by atoms with Crippen LogP contribution >= 0.6 is 11.6 Å². The van der Waals surface area contributed by atoms with Gasteiger partial charge in [-0.1, -0.05) is 78.3 Å². The maximum absolute atomic E-state index is 12.4. The molecule has 0 aliphatic rings. The number of amides is 1. The molecular formula is C22H21ClN2O. The van der Waals surface area contributed by atoms with E-state index in [1.54, 1.807) is 0 Å². The van der Waals surface area contributed by atoms with Crippen LogP contribution in [-0.4, -0.2) is 12.5 Å². The summed E-state index contributed by atoms with van der Waals surface area (Å²) < 4.78 is 0. The van der Waals surface area contributed by atoms with Gasteiger partial charge in [0.25, 0.3) is 0 Å². The lowest BCUT2D eigenvalue weighted by Gasteiger charge is -2.20. The molecule has 1 amide bonds. The van der Waals surface area contributed by atoms with E-state index in [4.69, 9.17) is 11.6 Å². The molecule has 3 rings (SSSR count). The van der Waals surface area contributed by atoms with Gasteiger partial charge in [0.05, 0.1) is 23.3 Å². The molecule has 4 heteroatoms. The maximum Gasteiger partial charge on any atom is 0.238 e. The minimum atomic E-state index is -0.132. The van der Waals surface area contributed by atoms with Crippen LogP contribution in [0.3, 0.4) is 0 Å². The first kappa shape index (κ1) is 18.2. The Morgan fingerprint density at radius 1 is 0.923 bits per heavy atom. The number of carbonyl (C=O) groups is 1. The van der Waals surface area contributed by atoms with Crippen molar-refractivity contribution in [2.24, 2.45) is 0 Å². The van der Waals surface area contributed by atoms with Crippen LogP contribution in [0.2, 0.25) is 5.02 Å². The number of carbonyl (C=O) groups excluding carboxylic acids is 1. The van der Waals surface area contributed by atoms with Gasteiger partial charge in [-0.2, -0.15) is 0 Å². The summed E-state index contributed by atoms with van der Waals surface area (Å²) in [4.78, 5) is 12.4. The topological polar surface area (TPSA) is 41.1 Å². The van der Waals surface area contributed by atoms with Gasteiger partial charge in [0, 0.05) is 0 Å². The molecule has 0 aliphatic carbocycles. The molecule has 0 atom stereocenters. The Labute approximate surface area is 159 Å². The molecule has 0 aromatic heterocycles. The Bertz CT molecular complexity index is 826. The highest BCUT2D eigenvalue weighted by Gasteiger charge is 2.15. The molecule has 3 aromatic rings. The third-order valence-electron chi connectivity index (χ3n) is 4.13. The molecule has 0 spiro atoms. The summed E-state index contributed by atoms with van der Waals surface area (Å²) in [6, 6.07) is 25.7. The number of anilines is 1. The molecule has 0 saturated carbocycles. The fourth-order valence-electron chi connectivity index (χ4n) is 2.83. The second-order valence-corrected chi connectivity index (χ2v) is 6.57. The van der Waals surface area contributed by atoms with Gasteiger partial charge in [-0.25, -0.2) is 0 Å². The summed E-state index contributed by atoms with van der Waals surface area (Å²) in [6.07, 6.45) is 0. The van der Waals surface area contributed by atoms with Gasteiger partial charge in [-0.3, -0.25) is 10.1 Å². The quantitative estimate of drug-likeness (QED) is 0.648. The fraction of sp³-hybridized carbons (Fsp3) is 0.136. The van der Waals surface area contributed by atoms with E-state index in [0.717, 1.165) is 16.7 Å². The van der Waals surface area contributed by atoms with E-state index in [1.165, 1.54) is 0 Å². The summed E-state index contributed by atoms with van der Waals surface area (Å²) in [5, 5.41) is 6.75. The van der Waals surface area contributed by atoms with Crippen molar-refractivity contribution >= 4 is 23.2 Å². The summed E-state index contributed by atoms with van der Waals surface area (Å²) >= 11 is 6.19. The molecule has 132 valence electrons. The zero-order chi connectivity index (χ0) is 18.4. The minimum Gasteiger partial charge on any atom is -0.324 e. The van der Waals surface area contributed by atoms with E-state index in [9.17, 15) is 4.79 Å². The second kappa shape index (κ2) is 8.65. The summed E-state index contributed by atoms with van der Waals surface area (Å²) in [5.41, 5.74) is 3.90. The highest BCUT2D eigenvalue weighted by Crippen LogP contribution is 2.23. The van der Waals surface area contributed by atoms with Gasteiger partial charge in [0.15, 0.2) is 0 Å². The molecule has 0 radical (unpaired) electrons. The third kappa shape index (κ3) is 4.72. The molecule has 3 aromatic carbocycles. The summed E-state index contributed by atoms with van der Waals surface area (Å²) in [6.45, 7) is 2.14. The Balaban J connectivity index is 1.71. The van der Waals surface area contributed by atoms with Crippen molar-refractivity contribution in [3.63, 3.8) is 0 Å². The van der Waals surface area contributed by atoms with E-state index in [-0.39, 0.29) is 18.5 Å². The third-order valence-corrected chi connectivity index (χ3v) is 4.44. The molecule has 2 N–H and O–H groups in total. The van der Waals surface area contributed by atoms with E-state index in [1.807, 2.05) is 61.5 Å². The van der Waals surface area contributed by atoms with Gasteiger partial charge in [0.2, 0.25) is 5.91 Å². The molecule has 0 unspecified atom stereocenters. The van der Waals surface area contributed by atoms with Crippen LogP contribution < -0.4 is 10.6 Å². The lowest BCUT2D eigenvalue weighted by atomic mass is 9.99. The highest BCUT2D eigenvalue weighted by molar-refractivity contribution is 6.33. The minimum absolute atomic E-state index is 0.0587. The fourth-order valence-corrected chi connectivity index (χ4v) is 3.11. The second-order valence-electron chi connectivity index (χ2n) is 6.17. The molecule has 0 fully saturated rings. The van der Waals surface area contributed by atoms with Crippen LogP contribution in [0.15, 0.2) is 78.9 Å². The van der Waals surface area contributed by atoms with Gasteiger partial charge in [0.1, 0.15) is 0 Å². The van der Waals surface area contributed by atoms with Crippen molar-refractivity contribution in [2.45, 2.75) is 13.0 Å². The van der Waals surface area contributed by atoms with Gasteiger partial charge < -0.3 is 5.32 Å². The molecule has 0 aliphatic heterocycles. The van der Waals surface area contributed by atoms with Crippen molar-refractivity contribution in [3.05, 3.63) is 101 Å². The molecule has 0 heterocycles. The van der Waals surface area contributed by atoms with Crippen molar-refractivity contribution in [2.75, 3.05) is 11.9 Å². The zero-order valence-electron chi connectivity index (χ0n) is 14.6. The first-order valence-electron chi connectivity index (χ1n) is 8.53. The summed E-state index contributed by atoms with van der Waals surface area (Å²) in [5.74, 6) is -0.132. The predicted molar refractivity (Wildman–Crippen MR) is 108 cm³/mol. The largest absolute Gasteiger partial charge is 0.324 e. The van der Waals surface area contributed by atoms with Crippen molar-refractivity contribution in [1.29, 1.82) is 0 Å². The molecule has 0 saturated heterocycles. The first-order chi connectivity index (χ1) is 12.6. The Morgan fingerprint density at radius 3 is 2.04 bits per heavy atom. The monoisotopic (exact) mass is 364 g/mol. The van der Waals surface area contributed by atoms with Crippen molar-refractivity contribution < 1.29 is 4.79 Å². The number of halogens is 1. The van der Waals surface area contributed by atoms with Crippen LogP contribution in [0.1, 0.15) is 22.7 Å². The zero-order valence-corrected chi connectivity index (χ0v) is 15.3. The SMILES string of the molecule is Cc1ccc(NC(=O)CNC(c2ccccc2)c2ccccc2)c(Cl)c1. The van der Waals surface area contributed by atoms with E-state index < -0.39 is 0 Å². The van der Waals surface area contributed by atoms with Crippen LogP contribution in [0.4, 0.5) is 5.69 Å². The summed E-state index contributed by atoms with van der Waals surface area (Å²) in [7, 11) is 0. The number of benzene rings is 3. The van der Waals surface area contributed by atoms with E-state index in [2.05, 4.69) is 34.9 Å². The van der Waals surface area contributed by atoms with Crippen molar-refractivity contribution in [3.8, 4) is 0 Å². The van der Waals surface area contributed by atoms with E-state index in [0.29, 0.717) is 10.7 Å². The molecular weight excluding hydrogens is 344 g/mol. The number of hydrogen-bond donors (Lipinski definition) is 2. The Kier molecular flexibility index (Phi) is 6.05. The average Bonchev–Trinajstić information content (AvgIpc) is 2.66. The molecule has 26 heavy (non-hydrogen) atoms. The highest BCUT2D eigenvalue weighted by atomic mass is 35.5. The Hall–Kier alpha value is -2.62. The Morgan fingerprint density at radius 2 is 1.50 bits per heavy atom. The lowest BCUT2D eigenvalue weighted by molar-refractivity contribution is -0.115. The lowest BCUT2D eigenvalue weighted by Crippen LogP contribution is -2.32. The first-order valence-corrected chi connectivity index (χ1v) is 8.90. The normalized spacial score (nSPS) is 10.7. The number of nitrogens with one attached hydrogen (secondary N) is 2. The van der Waals surface area contributed by atoms with Gasteiger partial charge >= 0.3 is 0 Å². The number of hydrogen-bond acceptors (Lipinski definition) is 2. The average molecular weight is 365 g/mol. The van der Waals surface area contributed by atoms with Crippen LogP contribution in [0, 0.1) is 6.92 Å². The van der Waals surface area contributed by atoms with Crippen LogP contribution in [0.5, 0.6) is 0 Å². The standard InChI is InChI=1S/C22H21ClN2O/c1-16-12-13-20(19(23)14-16)25-21(26)15-24-22(17-8-4-2-5-9-17)18-10-6-3-7-11-18/h2-14,22,24H,15H2,1H3,(H,25,26). The van der Waals surface area contributed by atoms with Crippen LogP contribution in [0.25, 0.3) is 0 Å². The molecule has 0 bridgehead atoms. The predicted octanol–water partition coefficient (Wildman–Crippen LogP) is 4.97. The van der Waals surface area contributed by atoms with Crippen molar-refractivity contribution in [1.82, 2.24) is 5.32 Å². The van der Waals surface area contributed by atoms with Gasteiger partial charge in [-0.15, -0.1) is 0 Å². The number of rotatable bonds is 6. The smallest absolute Gasteiger partial charge is 0.238 e. The maximum atomic E-state index is 12.4. The van der Waals surface area contributed by atoms with Gasteiger partial charge in [-0.05, 0) is 35.7 Å². The number of aryl methyl sites for hydroxylation is 1. The van der Waals surface area contributed by atoms with E-state index >= 15 is 0 Å².